The third kappa shape index (κ3) is 4.86. The largest absolute Gasteiger partial charge is 0.497 e. The summed E-state index contributed by atoms with van der Waals surface area (Å²) in [6.07, 6.45) is 0.805. The number of benzene rings is 2. The summed E-state index contributed by atoms with van der Waals surface area (Å²) in [5.74, 6) is 1.66. The minimum Gasteiger partial charge on any atom is -0.497 e. The molecule has 0 spiro atoms. The number of likely N-dealkylation sites (N-methyl/N-ethyl adjacent to an activating group) is 1. The number of hydrogen-bond acceptors (Lipinski definition) is 5. The van der Waals surface area contributed by atoms with Gasteiger partial charge in [0.15, 0.2) is 5.82 Å². The highest BCUT2D eigenvalue weighted by Gasteiger charge is 2.14. The number of halogens is 1. The molecule has 0 atom stereocenters. The van der Waals surface area contributed by atoms with Gasteiger partial charge in [0.25, 0.3) is 5.89 Å². The van der Waals surface area contributed by atoms with Gasteiger partial charge in [0.1, 0.15) is 5.75 Å². The molecule has 1 amide bonds. The molecule has 0 saturated carbocycles. The third-order valence-electron chi connectivity index (χ3n) is 4.16. The van der Waals surface area contributed by atoms with Crippen molar-refractivity contribution in [3.05, 3.63) is 64.9 Å². The minimum absolute atomic E-state index is 0.0121. The number of nitrogens with zero attached hydrogens (tertiary/aromatic N) is 3. The van der Waals surface area contributed by atoms with Crippen LogP contribution in [0.25, 0.3) is 11.5 Å². The zero-order chi connectivity index (χ0) is 19.2. The van der Waals surface area contributed by atoms with Crippen LogP contribution in [0.5, 0.6) is 5.75 Å². The van der Waals surface area contributed by atoms with E-state index in [1.54, 1.807) is 25.1 Å². The molecular weight excluding hydrogens is 366 g/mol. The second-order valence-corrected chi connectivity index (χ2v) is 6.50. The highest BCUT2D eigenvalue weighted by atomic mass is 35.5. The van der Waals surface area contributed by atoms with Gasteiger partial charge in [-0.15, -0.1) is 0 Å². The Labute approximate surface area is 162 Å². The van der Waals surface area contributed by atoms with Crippen molar-refractivity contribution in [1.29, 1.82) is 0 Å². The van der Waals surface area contributed by atoms with Gasteiger partial charge in [-0.3, -0.25) is 4.79 Å². The van der Waals surface area contributed by atoms with Crippen molar-refractivity contribution in [2.24, 2.45) is 0 Å². The molecule has 7 heteroatoms. The lowest BCUT2D eigenvalue weighted by Gasteiger charge is -2.16. The Morgan fingerprint density at radius 2 is 2.04 bits per heavy atom. The maximum atomic E-state index is 12.4. The van der Waals surface area contributed by atoms with E-state index in [-0.39, 0.29) is 5.91 Å². The van der Waals surface area contributed by atoms with E-state index in [4.69, 9.17) is 20.9 Å². The Kier molecular flexibility index (Phi) is 6.08. The standard InChI is InChI=1S/C20H20ClN3O3/c1-24(19(25)13-14-6-5-7-15(12-14)26-2)11-10-18-22-20(27-23-18)16-8-3-4-9-17(16)21/h3-9,12H,10-11,13H2,1-2H3. The maximum absolute atomic E-state index is 12.4. The summed E-state index contributed by atoms with van der Waals surface area (Å²) in [4.78, 5) is 18.4. The SMILES string of the molecule is COc1cccc(CC(=O)N(C)CCc2noc(-c3ccccc3Cl)n2)c1. The van der Waals surface area contributed by atoms with Crippen LogP contribution in [0.1, 0.15) is 11.4 Å². The quantitative estimate of drug-likeness (QED) is 0.621. The van der Waals surface area contributed by atoms with E-state index in [0.29, 0.717) is 41.7 Å². The zero-order valence-electron chi connectivity index (χ0n) is 15.2. The number of hydrogen-bond donors (Lipinski definition) is 0. The van der Waals surface area contributed by atoms with Crippen LogP contribution in [0, 0.1) is 0 Å². The van der Waals surface area contributed by atoms with Crippen molar-refractivity contribution in [1.82, 2.24) is 15.0 Å². The molecule has 1 heterocycles. The molecule has 0 bridgehead atoms. The van der Waals surface area contributed by atoms with Crippen LogP contribution >= 0.6 is 11.6 Å². The van der Waals surface area contributed by atoms with Crippen LogP contribution in [0.15, 0.2) is 53.1 Å². The zero-order valence-corrected chi connectivity index (χ0v) is 15.9. The smallest absolute Gasteiger partial charge is 0.259 e. The molecular formula is C20H20ClN3O3. The fourth-order valence-corrected chi connectivity index (χ4v) is 2.80. The first-order valence-corrected chi connectivity index (χ1v) is 8.89. The number of carbonyl (C=O) groups excluding carboxylic acids is 1. The molecule has 0 radical (unpaired) electrons. The highest BCUT2D eigenvalue weighted by Crippen LogP contribution is 2.25. The Morgan fingerprint density at radius 3 is 2.81 bits per heavy atom. The van der Waals surface area contributed by atoms with Gasteiger partial charge in [-0.05, 0) is 29.8 Å². The molecule has 1 aromatic heterocycles. The molecule has 0 aliphatic heterocycles. The molecule has 2 aromatic carbocycles. The van der Waals surface area contributed by atoms with E-state index in [9.17, 15) is 4.79 Å². The van der Waals surface area contributed by atoms with Crippen molar-refractivity contribution < 1.29 is 14.1 Å². The van der Waals surface area contributed by atoms with Gasteiger partial charge >= 0.3 is 0 Å². The maximum Gasteiger partial charge on any atom is 0.259 e. The van der Waals surface area contributed by atoms with Gasteiger partial charge < -0.3 is 14.2 Å². The summed E-state index contributed by atoms with van der Waals surface area (Å²) in [5.41, 5.74) is 1.60. The second kappa shape index (κ2) is 8.68. The third-order valence-corrected chi connectivity index (χ3v) is 4.49. The van der Waals surface area contributed by atoms with E-state index in [1.807, 2.05) is 42.5 Å². The van der Waals surface area contributed by atoms with Crippen LogP contribution < -0.4 is 4.74 Å². The molecule has 0 unspecified atom stereocenters. The van der Waals surface area contributed by atoms with Crippen molar-refractivity contribution in [2.45, 2.75) is 12.8 Å². The predicted octanol–water partition coefficient (Wildman–Crippen LogP) is 3.64. The van der Waals surface area contributed by atoms with Gasteiger partial charge in [-0.2, -0.15) is 4.98 Å². The summed E-state index contributed by atoms with van der Waals surface area (Å²) in [6, 6.07) is 14.8. The van der Waals surface area contributed by atoms with E-state index in [2.05, 4.69) is 10.1 Å². The van der Waals surface area contributed by atoms with Gasteiger partial charge in [0, 0.05) is 20.0 Å². The summed E-state index contributed by atoms with van der Waals surface area (Å²) in [7, 11) is 3.37. The lowest BCUT2D eigenvalue weighted by Crippen LogP contribution is -2.30. The van der Waals surface area contributed by atoms with Crippen LogP contribution in [0.3, 0.4) is 0 Å². The van der Waals surface area contributed by atoms with E-state index >= 15 is 0 Å². The fraction of sp³-hybridized carbons (Fsp3) is 0.250. The number of amides is 1. The predicted molar refractivity (Wildman–Crippen MR) is 103 cm³/mol. The molecule has 27 heavy (non-hydrogen) atoms. The second-order valence-electron chi connectivity index (χ2n) is 6.09. The molecule has 3 aromatic rings. The Hall–Kier alpha value is -2.86. The number of rotatable bonds is 7. The molecule has 3 rings (SSSR count). The molecule has 0 N–H and O–H groups in total. The molecule has 140 valence electrons. The summed E-state index contributed by atoms with van der Waals surface area (Å²) < 4.78 is 10.5. The van der Waals surface area contributed by atoms with Gasteiger partial charge in [0.05, 0.1) is 24.1 Å². The Morgan fingerprint density at radius 1 is 1.22 bits per heavy atom. The normalized spacial score (nSPS) is 10.6. The average Bonchev–Trinajstić information content (AvgIpc) is 3.15. The monoisotopic (exact) mass is 385 g/mol. The highest BCUT2D eigenvalue weighted by molar-refractivity contribution is 6.33. The average molecular weight is 386 g/mol. The van der Waals surface area contributed by atoms with E-state index < -0.39 is 0 Å². The molecule has 0 fully saturated rings. The topological polar surface area (TPSA) is 68.5 Å². The first-order valence-electron chi connectivity index (χ1n) is 8.51. The number of carbonyl (C=O) groups is 1. The lowest BCUT2D eigenvalue weighted by molar-refractivity contribution is -0.129. The van der Waals surface area contributed by atoms with E-state index in [0.717, 1.165) is 11.3 Å². The summed E-state index contributed by atoms with van der Waals surface area (Å²) in [5, 5.41) is 4.53. The van der Waals surface area contributed by atoms with Crippen LogP contribution in [-0.4, -0.2) is 41.6 Å². The Balaban J connectivity index is 1.56. The van der Waals surface area contributed by atoms with E-state index in [1.165, 1.54) is 0 Å². The summed E-state index contributed by atoms with van der Waals surface area (Å²) >= 11 is 6.15. The first-order chi connectivity index (χ1) is 13.1. The number of methoxy groups -OCH3 is 1. The number of ether oxygens (including phenoxy) is 1. The van der Waals surface area contributed by atoms with Gasteiger partial charge in [-0.25, -0.2) is 0 Å². The van der Waals surface area contributed by atoms with Crippen LogP contribution in [0.4, 0.5) is 0 Å². The van der Waals surface area contributed by atoms with Gasteiger partial charge in [0.2, 0.25) is 5.91 Å². The van der Waals surface area contributed by atoms with Crippen molar-refractivity contribution in [3.63, 3.8) is 0 Å². The van der Waals surface area contributed by atoms with Crippen LogP contribution in [0.2, 0.25) is 5.02 Å². The molecule has 0 aliphatic carbocycles. The minimum atomic E-state index is 0.0121. The molecule has 0 aliphatic rings. The Bertz CT molecular complexity index is 926. The number of aromatic nitrogens is 2. The first kappa shape index (κ1) is 18.9. The molecule has 0 saturated heterocycles. The van der Waals surface area contributed by atoms with Crippen LogP contribution in [-0.2, 0) is 17.6 Å². The van der Waals surface area contributed by atoms with Crippen molar-refractivity contribution in [2.75, 3.05) is 20.7 Å². The lowest BCUT2D eigenvalue weighted by atomic mass is 10.1. The summed E-state index contributed by atoms with van der Waals surface area (Å²) in [6.45, 7) is 0.490. The van der Waals surface area contributed by atoms with Crippen molar-refractivity contribution in [3.8, 4) is 17.2 Å². The van der Waals surface area contributed by atoms with Crippen molar-refractivity contribution >= 4 is 17.5 Å². The molecule has 6 nitrogen and oxygen atoms in total. The van der Waals surface area contributed by atoms with Gasteiger partial charge in [-0.1, -0.05) is 41.0 Å². The fourth-order valence-electron chi connectivity index (χ4n) is 2.58.